The number of hydrogen-bond acceptors (Lipinski definition) is 4. The summed E-state index contributed by atoms with van der Waals surface area (Å²) in [5.74, 6) is 0.107. The van der Waals surface area contributed by atoms with Crippen LogP contribution in [-0.2, 0) is 11.3 Å². The van der Waals surface area contributed by atoms with E-state index in [1.54, 1.807) is 31.2 Å². The van der Waals surface area contributed by atoms with Crippen molar-refractivity contribution in [2.45, 2.75) is 26.3 Å². The molecule has 0 fully saturated rings. The second-order valence-corrected chi connectivity index (χ2v) is 9.04. The molecular formula is C31H28F2N2O4. The SMILES string of the molecule is C#C/C=C(C(=O)O)\C(=C/C)c1ccc(CN2CCOc3cc(C(=O)NCC4=C(F)CCC=C4F)ccc32)cc1. The summed E-state index contributed by atoms with van der Waals surface area (Å²) in [6.07, 6.45) is 10.0. The minimum absolute atomic E-state index is 0.0527. The highest BCUT2D eigenvalue weighted by molar-refractivity contribution is 6.05. The number of carboxylic acids is 1. The van der Waals surface area contributed by atoms with E-state index in [0.29, 0.717) is 43.0 Å². The predicted octanol–water partition coefficient (Wildman–Crippen LogP) is 5.73. The maximum absolute atomic E-state index is 14.0. The van der Waals surface area contributed by atoms with Crippen LogP contribution in [0.4, 0.5) is 14.5 Å². The minimum Gasteiger partial charge on any atom is -0.490 e. The van der Waals surface area contributed by atoms with Gasteiger partial charge < -0.3 is 20.1 Å². The van der Waals surface area contributed by atoms with E-state index < -0.39 is 23.5 Å². The highest BCUT2D eigenvalue weighted by atomic mass is 19.1. The number of carbonyl (C=O) groups is 2. The van der Waals surface area contributed by atoms with E-state index in [1.165, 1.54) is 12.2 Å². The number of hydrogen-bond donors (Lipinski definition) is 2. The Morgan fingerprint density at radius 1 is 1.18 bits per heavy atom. The van der Waals surface area contributed by atoms with Crippen molar-refractivity contribution in [1.82, 2.24) is 5.32 Å². The van der Waals surface area contributed by atoms with E-state index in [4.69, 9.17) is 11.2 Å². The molecule has 39 heavy (non-hydrogen) atoms. The van der Waals surface area contributed by atoms with Crippen LogP contribution >= 0.6 is 0 Å². The average molecular weight is 531 g/mol. The first-order chi connectivity index (χ1) is 18.8. The standard InChI is InChI=1S/C31H28F2N2O4/c1-3-6-24(31(37)38)23(4-2)21-11-9-20(10-12-21)19-35-15-16-39-29-17-22(13-14-28(29)35)30(36)34-18-25-26(32)7-5-8-27(25)33/h1,4,6-7,9-14,17H,5,8,15-16,18-19H2,2H3,(H,34,36)(H,37,38)/b23-4-,24-6+. The van der Waals surface area contributed by atoms with Gasteiger partial charge in [0.25, 0.3) is 5.91 Å². The number of terminal acetylenes is 1. The fourth-order valence-corrected chi connectivity index (χ4v) is 4.59. The molecule has 1 aliphatic carbocycles. The minimum atomic E-state index is -1.09. The molecule has 1 amide bonds. The number of nitrogens with one attached hydrogen (secondary N) is 1. The van der Waals surface area contributed by atoms with Gasteiger partial charge in [-0.25, -0.2) is 13.6 Å². The molecule has 0 saturated carbocycles. The van der Waals surface area contributed by atoms with Crippen molar-refractivity contribution in [3.05, 3.63) is 100 Å². The van der Waals surface area contributed by atoms with Gasteiger partial charge in [0.2, 0.25) is 0 Å². The monoisotopic (exact) mass is 530 g/mol. The Balaban J connectivity index is 1.45. The Kier molecular flexibility index (Phi) is 8.62. The van der Waals surface area contributed by atoms with Gasteiger partial charge in [-0.2, -0.15) is 0 Å². The zero-order chi connectivity index (χ0) is 27.9. The summed E-state index contributed by atoms with van der Waals surface area (Å²) in [5, 5.41) is 12.1. The lowest BCUT2D eigenvalue weighted by atomic mass is 9.96. The fourth-order valence-electron chi connectivity index (χ4n) is 4.59. The lowest BCUT2D eigenvalue weighted by molar-refractivity contribution is -0.132. The molecular weight excluding hydrogens is 502 g/mol. The topological polar surface area (TPSA) is 78.9 Å². The van der Waals surface area contributed by atoms with Crippen molar-refractivity contribution < 1.29 is 28.2 Å². The third-order valence-electron chi connectivity index (χ3n) is 6.59. The molecule has 200 valence electrons. The number of aliphatic carboxylic acids is 1. The maximum Gasteiger partial charge on any atom is 0.336 e. The van der Waals surface area contributed by atoms with Crippen molar-refractivity contribution in [2.24, 2.45) is 0 Å². The Bertz CT molecular complexity index is 1450. The van der Waals surface area contributed by atoms with Crippen LogP contribution in [0.2, 0.25) is 0 Å². The molecule has 0 saturated heterocycles. The Hall–Kier alpha value is -4.64. The first kappa shape index (κ1) is 27.4. The summed E-state index contributed by atoms with van der Waals surface area (Å²) in [6, 6.07) is 12.6. The lowest BCUT2D eigenvalue weighted by Gasteiger charge is -2.31. The largest absolute Gasteiger partial charge is 0.490 e. The van der Waals surface area contributed by atoms with E-state index in [-0.39, 0.29) is 24.1 Å². The van der Waals surface area contributed by atoms with Crippen LogP contribution in [0.25, 0.3) is 5.57 Å². The molecule has 0 bridgehead atoms. The molecule has 0 unspecified atom stereocenters. The number of rotatable bonds is 8. The molecule has 0 radical (unpaired) electrons. The number of carbonyl (C=O) groups excluding carboxylic acids is 1. The van der Waals surface area contributed by atoms with Gasteiger partial charge in [-0.1, -0.05) is 36.3 Å². The molecule has 2 aromatic carbocycles. The van der Waals surface area contributed by atoms with Gasteiger partial charge in [-0.05, 0) is 54.3 Å². The van der Waals surface area contributed by atoms with Gasteiger partial charge in [-0.15, -0.1) is 6.42 Å². The van der Waals surface area contributed by atoms with Gasteiger partial charge in [0.15, 0.2) is 0 Å². The van der Waals surface area contributed by atoms with E-state index >= 15 is 0 Å². The third-order valence-corrected chi connectivity index (χ3v) is 6.59. The summed E-state index contributed by atoms with van der Waals surface area (Å²) >= 11 is 0. The second kappa shape index (κ2) is 12.3. The van der Waals surface area contributed by atoms with Crippen LogP contribution < -0.4 is 15.0 Å². The number of amides is 1. The lowest BCUT2D eigenvalue weighted by Crippen LogP contribution is -2.32. The van der Waals surface area contributed by atoms with Crippen LogP contribution in [0.1, 0.15) is 41.3 Å². The van der Waals surface area contributed by atoms with Gasteiger partial charge in [0, 0.05) is 36.7 Å². The number of ether oxygens (including phenoxy) is 1. The van der Waals surface area contributed by atoms with Crippen molar-refractivity contribution in [3.8, 4) is 18.1 Å². The van der Waals surface area contributed by atoms with Gasteiger partial charge in [0.05, 0.1) is 17.8 Å². The fraction of sp³-hybridized carbons (Fsp3) is 0.226. The molecule has 2 aliphatic rings. The number of allylic oxidation sites excluding steroid dienone is 4. The zero-order valence-corrected chi connectivity index (χ0v) is 21.5. The van der Waals surface area contributed by atoms with Crippen molar-refractivity contribution in [1.29, 1.82) is 0 Å². The van der Waals surface area contributed by atoms with E-state index in [0.717, 1.165) is 16.8 Å². The van der Waals surface area contributed by atoms with Gasteiger partial charge in [-0.3, -0.25) is 4.79 Å². The summed E-state index contributed by atoms with van der Waals surface area (Å²) in [7, 11) is 0. The molecule has 0 atom stereocenters. The number of anilines is 1. The van der Waals surface area contributed by atoms with E-state index in [1.807, 2.05) is 24.3 Å². The van der Waals surface area contributed by atoms with Crippen molar-refractivity contribution in [3.63, 3.8) is 0 Å². The maximum atomic E-state index is 14.0. The zero-order valence-electron chi connectivity index (χ0n) is 21.5. The molecule has 1 aliphatic heterocycles. The molecule has 0 aromatic heterocycles. The van der Waals surface area contributed by atoms with Crippen LogP contribution in [0.3, 0.4) is 0 Å². The molecule has 4 rings (SSSR count). The summed E-state index contributed by atoms with van der Waals surface area (Å²) < 4.78 is 33.7. The van der Waals surface area contributed by atoms with Gasteiger partial charge >= 0.3 is 5.97 Å². The second-order valence-electron chi connectivity index (χ2n) is 9.04. The van der Waals surface area contributed by atoms with Gasteiger partial charge in [0.1, 0.15) is 24.0 Å². The highest BCUT2D eigenvalue weighted by Crippen LogP contribution is 2.34. The summed E-state index contributed by atoms with van der Waals surface area (Å²) in [5.41, 5.74) is 3.36. The van der Waals surface area contributed by atoms with Crippen molar-refractivity contribution >= 4 is 23.1 Å². The summed E-state index contributed by atoms with van der Waals surface area (Å²) in [6.45, 7) is 3.16. The normalized spacial score (nSPS) is 15.6. The highest BCUT2D eigenvalue weighted by Gasteiger charge is 2.22. The number of fused-ring (bicyclic) bond motifs is 1. The van der Waals surface area contributed by atoms with E-state index in [9.17, 15) is 23.5 Å². The number of nitrogens with zero attached hydrogens (tertiary/aromatic N) is 1. The predicted molar refractivity (Wildman–Crippen MR) is 147 cm³/mol. The first-order valence-electron chi connectivity index (χ1n) is 12.5. The Morgan fingerprint density at radius 2 is 1.92 bits per heavy atom. The van der Waals surface area contributed by atoms with Crippen molar-refractivity contribution in [2.75, 3.05) is 24.6 Å². The van der Waals surface area contributed by atoms with Crippen LogP contribution in [0.15, 0.2) is 83.5 Å². The summed E-state index contributed by atoms with van der Waals surface area (Å²) in [4.78, 5) is 26.4. The first-order valence-corrected chi connectivity index (χ1v) is 12.5. The molecule has 1 heterocycles. The van der Waals surface area contributed by atoms with Crippen LogP contribution in [-0.4, -0.2) is 36.7 Å². The smallest absolute Gasteiger partial charge is 0.336 e. The third kappa shape index (κ3) is 6.27. The quantitative estimate of drug-likeness (QED) is 0.259. The van der Waals surface area contributed by atoms with Crippen LogP contribution in [0, 0.1) is 12.3 Å². The number of benzene rings is 2. The number of halogens is 2. The molecule has 0 spiro atoms. The average Bonchev–Trinajstić information content (AvgIpc) is 2.93. The molecule has 2 N–H and O–H groups in total. The Morgan fingerprint density at radius 3 is 2.59 bits per heavy atom. The Labute approximate surface area is 226 Å². The molecule has 2 aromatic rings. The van der Waals surface area contributed by atoms with Crippen LogP contribution in [0.5, 0.6) is 5.75 Å². The van der Waals surface area contributed by atoms with E-state index in [2.05, 4.69) is 16.1 Å². The molecule has 8 heteroatoms. The molecule has 6 nitrogen and oxygen atoms in total. The number of carboxylic acid groups (broad SMARTS) is 1.